The summed E-state index contributed by atoms with van der Waals surface area (Å²) in [5.74, 6) is -1.98. The summed E-state index contributed by atoms with van der Waals surface area (Å²) in [7, 11) is 0. The molecule has 0 saturated heterocycles. The number of benzene rings is 2. The van der Waals surface area contributed by atoms with E-state index in [1.165, 1.54) is 30.3 Å². The lowest BCUT2D eigenvalue weighted by Gasteiger charge is -2.12. The Morgan fingerprint density at radius 2 is 1.55 bits per heavy atom. The molecule has 0 aliphatic carbocycles. The lowest BCUT2D eigenvalue weighted by atomic mass is 10.1. The summed E-state index contributed by atoms with van der Waals surface area (Å²) < 4.78 is 86.5. The smallest absolute Gasteiger partial charge is 0.455 e. The second kappa shape index (κ2) is 8.66. The first-order chi connectivity index (χ1) is 14.5. The summed E-state index contributed by atoms with van der Waals surface area (Å²) in [6.45, 7) is -0.124. The van der Waals surface area contributed by atoms with Crippen molar-refractivity contribution in [3.05, 3.63) is 83.6 Å². The highest BCUT2D eigenvalue weighted by atomic mass is 19.4. The lowest BCUT2D eigenvalue weighted by molar-refractivity contribution is -0.137. The third kappa shape index (κ3) is 5.74. The third-order valence-electron chi connectivity index (χ3n) is 3.99. The number of rotatable bonds is 6. The molecule has 0 atom stereocenters. The quantitative estimate of drug-likeness (QED) is 0.337. The monoisotopic (exact) mass is 441 g/mol. The Bertz CT molecular complexity index is 1040. The van der Waals surface area contributed by atoms with E-state index in [1.54, 1.807) is 12.1 Å². The minimum absolute atomic E-state index is 0.0448. The largest absolute Gasteiger partial charge is 0.488 e. The number of carbonyl (C=O) groups is 1. The van der Waals surface area contributed by atoms with Crippen molar-refractivity contribution in [1.82, 2.24) is 4.98 Å². The molecule has 0 N–H and O–H groups in total. The SMILES string of the molecule is O=C(c1ccccc1OCc1ccc(Oc2ccc(C(F)(F)F)cn2)cc1)C(F)(F)F. The molecule has 0 amide bonds. The number of para-hydroxylation sites is 1. The lowest BCUT2D eigenvalue weighted by Crippen LogP contribution is -2.23. The molecule has 0 fully saturated rings. The van der Waals surface area contributed by atoms with Crippen molar-refractivity contribution >= 4 is 5.78 Å². The van der Waals surface area contributed by atoms with Gasteiger partial charge in [0.1, 0.15) is 18.1 Å². The van der Waals surface area contributed by atoms with Crippen molar-refractivity contribution in [3.8, 4) is 17.4 Å². The maximum absolute atomic E-state index is 12.7. The van der Waals surface area contributed by atoms with Crippen LogP contribution in [0, 0.1) is 0 Å². The third-order valence-corrected chi connectivity index (χ3v) is 3.99. The van der Waals surface area contributed by atoms with Crippen molar-refractivity contribution < 1.29 is 40.6 Å². The average molecular weight is 441 g/mol. The fourth-order valence-electron chi connectivity index (χ4n) is 2.48. The Balaban J connectivity index is 1.64. The topological polar surface area (TPSA) is 48.4 Å². The van der Waals surface area contributed by atoms with Crippen molar-refractivity contribution in [1.29, 1.82) is 0 Å². The highest BCUT2D eigenvalue weighted by molar-refractivity contribution is 6.02. The molecule has 10 heteroatoms. The summed E-state index contributed by atoms with van der Waals surface area (Å²) in [5.41, 5.74) is -0.943. The number of hydrogen-bond donors (Lipinski definition) is 0. The molecule has 0 aliphatic heterocycles. The molecular formula is C21H13F6NO3. The predicted molar refractivity (Wildman–Crippen MR) is 96.9 cm³/mol. The first-order valence-corrected chi connectivity index (χ1v) is 8.67. The fourth-order valence-corrected chi connectivity index (χ4v) is 2.48. The molecule has 3 rings (SSSR count). The van der Waals surface area contributed by atoms with Crippen LogP contribution in [0.5, 0.6) is 17.4 Å². The van der Waals surface area contributed by atoms with E-state index in [1.807, 2.05) is 0 Å². The Morgan fingerprint density at radius 3 is 2.13 bits per heavy atom. The maximum Gasteiger partial charge on any atom is 0.455 e. The van der Waals surface area contributed by atoms with Crippen LogP contribution in [0.25, 0.3) is 0 Å². The van der Waals surface area contributed by atoms with Gasteiger partial charge >= 0.3 is 12.4 Å². The minimum Gasteiger partial charge on any atom is -0.488 e. The van der Waals surface area contributed by atoms with E-state index in [0.717, 1.165) is 18.2 Å². The van der Waals surface area contributed by atoms with Gasteiger partial charge in [-0.25, -0.2) is 4.98 Å². The van der Waals surface area contributed by atoms with Crippen LogP contribution in [0.4, 0.5) is 26.3 Å². The number of alkyl halides is 6. The number of ketones is 1. The van der Waals surface area contributed by atoms with Gasteiger partial charge in [-0.1, -0.05) is 24.3 Å². The van der Waals surface area contributed by atoms with Crippen LogP contribution in [0.1, 0.15) is 21.5 Å². The summed E-state index contributed by atoms with van der Waals surface area (Å²) in [6.07, 6.45) is -8.88. The molecule has 31 heavy (non-hydrogen) atoms. The van der Waals surface area contributed by atoms with Gasteiger partial charge in [0.2, 0.25) is 5.88 Å². The zero-order valence-electron chi connectivity index (χ0n) is 15.5. The first-order valence-electron chi connectivity index (χ1n) is 8.67. The molecule has 1 heterocycles. The second-order valence-corrected chi connectivity index (χ2v) is 6.24. The Labute approximate surface area is 172 Å². The number of carbonyl (C=O) groups excluding carboxylic acids is 1. The van der Waals surface area contributed by atoms with Crippen LogP contribution in [0.3, 0.4) is 0 Å². The summed E-state index contributed by atoms with van der Waals surface area (Å²) in [6, 6.07) is 13.0. The van der Waals surface area contributed by atoms with E-state index in [9.17, 15) is 31.1 Å². The van der Waals surface area contributed by atoms with Crippen LogP contribution in [-0.4, -0.2) is 16.9 Å². The molecule has 162 valence electrons. The molecular weight excluding hydrogens is 428 g/mol. The van der Waals surface area contributed by atoms with Gasteiger partial charge in [0, 0.05) is 12.3 Å². The Morgan fingerprint density at radius 1 is 0.871 bits per heavy atom. The van der Waals surface area contributed by atoms with E-state index in [0.29, 0.717) is 11.8 Å². The van der Waals surface area contributed by atoms with Gasteiger partial charge in [-0.3, -0.25) is 4.79 Å². The molecule has 0 aliphatic rings. The van der Waals surface area contributed by atoms with Gasteiger partial charge in [0.15, 0.2) is 0 Å². The van der Waals surface area contributed by atoms with E-state index in [-0.39, 0.29) is 24.0 Å². The predicted octanol–water partition coefficient (Wildman–Crippen LogP) is 6.22. The van der Waals surface area contributed by atoms with Crippen molar-refractivity contribution in [2.45, 2.75) is 19.0 Å². The molecule has 0 saturated carbocycles. The van der Waals surface area contributed by atoms with Gasteiger partial charge in [-0.05, 0) is 35.9 Å². The number of pyridine rings is 1. The maximum atomic E-state index is 12.7. The van der Waals surface area contributed by atoms with Gasteiger partial charge in [0.05, 0.1) is 11.1 Å². The second-order valence-electron chi connectivity index (χ2n) is 6.24. The molecule has 1 aromatic heterocycles. The van der Waals surface area contributed by atoms with E-state index < -0.39 is 29.3 Å². The zero-order valence-corrected chi connectivity index (χ0v) is 15.5. The van der Waals surface area contributed by atoms with Gasteiger partial charge in [-0.2, -0.15) is 26.3 Å². The van der Waals surface area contributed by atoms with Gasteiger partial charge in [0.25, 0.3) is 5.78 Å². The number of aromatic nitrogens is 1. The molecule has 3 aromatic rings. The van der Waals surface area contributed by atoms with Crippen LogP contribution < -0.4 is 9.47 Å². The Kier molecular flexibility index (Phi) is 6.19. The molecule has 0 bridgehead atoms. The number of halogens is 6. The fraction of sp³-hybridized carbons (Fsp3) is 0.143. The highest BCUT2D eigenvalue weighted by Gasteiger charge is 2.40. The molecule has 0 radical (unpaired) electrons. The first kappa shape index (κ1) is 22.1. The van der Waals surface area contributed by atoms with Crippen LogP contribution in [0.2, 0.25) is 0 Å². The highest BCUT2D eigenvalue weighted by Crippen LogP contribution is 2.30. The number of Topliss-reactive ketones (excluding diaryl/α,β-unsaturated/α-hetero) is 1. The van der Waals surface area contributed by atoms with E-state index >= 15 is 0 Å². The number of hydrogen-bond acceptors (Lipinski definition) is 4. The van der Waals surface area contributed by atoms with Gasteiger partial charge < -0.3 is 9.47 Å². The van der Waals surface area contributed by atoms with Crippen LogP contribution >= 0.6 is 0 Å². The number of nitrogens with zero attached hydrogens (tertiary/aromatic N) is 1. The van der Waals surface area contributed by atoms with Crippen molar-refractivity contribution in [3.63, 3.8) is 0 Å². The summed E-state index contributed by atoms with van der Waals surface area (Å²) >= 11 is 0. The van der Waals surface area contributed by atoms with Gasteiger partial charge in [-0.15, -0.1) is 0 Å². The normalized spacial score (nSPS) is 11.8. The number of ether oxygens (including phenoxy) is 2. The minimum atomic E-state index is -5.02. The van der Waals surface area contributed by atoms with E-state index in [4.69, 9.17) is 9.47 Å². The molecule has 2 aromatic carbocycles. The van der Waals surface area contributed by atoms with Crippen LogP contribution in [0.15, 0.2) is 66.9 Å². The Hall–Kier alpha value is -3.56. The standard InChI is InChI=1S/C21H13F6NO3/c22-20(23,24)14-7-10-18(28-11-14)31-15-8-5-13(6-9-15)12-30-17-4-2-1-3-16(17)19(29)21(25,26)27/h1-11H,12H2. The summed E-state index contributed by atoms with van der Waals surface area (Å²) in [4.78, 5) is 15.1. The summed E-state index contributed by atoms with van der Waals surface area (Å²) in [5, 5.41) is 0. The van der Waals surface area contributed by atoms with E-state index in [2.05, 4.69) is 4.98 Å². The zero-order chi connectivity index (χ0) is 22.6. The molecule has 0 unspecified atom stereocenters. The molecule has 4 nitrogen and oxygen atoms in total. The van der Waals surface area contributed by atoms with Crippen molar-refractivity contribution in [2.24, 2.45) is 0 Å². The molecule has 0 spiro atoms. The van der Waals surface area contributed by atoms with Crippen molar-refractivity contribution in [2.75, 3.05) is 0 Å². The average Bonchev–Trinajstić information content (AvgIpc) is 2.72. The van der Waals surface area contributed by atoms with Crippen LogP contribution in [-0.2, 0) is 12.8 Å².